The number of methoxy groups -OCH3 is 1. The molecule has 0 spiro atoms. The zero-order valence-electron chi connectivity index (χ0n) is 13.5. The van der Waals surface area contributed by atoms with Crippen LogP contribution in [0.15, 0.2) is 18.2 Å². The maximum absolute atomic E-state index is 6.56. The molecule has 1 aliphatic rings. The summed E-state index contributed by atoms with van der Waals surface area (Å²) in [7, 11) is 3.71. The van der Waals surface area contributed by atoms with Crippen molar-refractivity contribution in [2.75, 3.05) is 32.2 Å². The monoisotopic (exact) mass is 310 g/mol. The van der Waals surface area contributed by atoms with Crippen molar-refractivity contribution < 1.29 is 4.74 Å². The number of halogens is 1. The van der Waals surface area contributed by atoms with Gasteiger partial charge in [-0.25, -0.2) is 0 Å². The Morgan fingerprint density at radius 3 is 2.62 bits per heavy atom. The first-order chi connectivity index (χ1) is 10.1. The minimum absolute atomic E-state index is 0.310. The first-order valence-corrected chi connectivity index (χ1v) is 8.18. The van der Waals surface area contributed by atoms with Crippen LogP contribution in [0.4, 0.5) is 5.69 Å². The molecule has 1 N–H and O–H groups in total. The van der Waals surface area contributed by atoms with Gasteiger partial charge in [0.05, 0.1) is 17.3 Å². The summed E-state index contributed by atoms with van der Waals surface area (Å²) in [6.45, 7) is 6.05. The molecule has 2 rings (SSSR count). The second-order valence-electron chi connectivity index (χ2n) is 5.99. The van der Waals surface area contributed by atoms with E-state index in [-0.39, 0.29) is 0 Å². The van der Waals surface area contributed by atoms with Crippen LogP contribution in [0.1, 0.15) is 38.3 Å². The summed E-state index contributed by atoms with van der Waals surface area (Å²) < 4.78 is 5.27. The molecule has 4 heteroatoms. The highest BCUT2D eigenvalue weighted by molar-refractivity contribution is 6.33. The molecule has 3 nitrogen and oxygen atoms in total. The van der Waals surface area contributed by atoms with Crippen molar-refractivity contribution in [3.8, 4) is 0 Å². The van der Waals surface area contributed by atoms with Gasteiger partial charge in [0.15, 0.2) is 0 Å². The molecular formula is C17H27ClN2O. The maximum atomic E-state index is 6.56. The Morgan fingerprint density at radius 2 is 2.10 bits per heavy atom. The van der Waals surface area contributed by atoms with Crippen LogP contribution in [0.2, 0.25) is 5.02 Å². The van der Waals surface area contributed by atoms with Crippen molar-refractivity contribution in [1.29, 1.82) is 0 Å². The van der Waals surface area contributed by atoms with E-state index in [1.165, 1.54) is 18.4 Å². The summed E-state index contributed by atoms with van der Waals surface area (Å²) in [5, 5.41) is 4.08. The van der Waals surface area contributed by atoms with Gasteiger partial charge in [-0.15, -0.1) is 0 Å². The Hall–Kier alpha value is -0.770. The highest BCUT2D eigenvalue weighted by Crippen LogP contribution is 2.39. The van der Waals surface area contributed by atoms with Crippen molar-refractivity contribution in [2.24, 2.45) is 5.92 Å². The number of ether oxygens (including phenoxy) is 1. The lowest BCUT2D eigenvalue weighted by Gasteiger charge is -2.32. The number of hydrogen-bond donors (Lipinski definition) is 1. The number of nitrogens with one attached hydrogen (secondary N) is 1. The third kappa shape index (κ3) is 4.12. The van der Waals surface area contributed by atoms with Crippen LogP contribution in [0.3, 0.4) is 0 Å². The lowest BCUT2D eigenvalue weighted by molar-refractivity contribution is 0.202. The zero-order valence-corrected chi connectivity index (χ0v) is 14.3. The maximum Gasteiger partial charge on any atom is 0.0643 e. The molecule has 0 amide bonds. The number of benzene rings is 1. The van der Waals surface area contributed by atoms with Gasteiger partial charge in [-0.2, -0.15) is 0 Å². The smallest absolute Gasteiger partial charge is 0.0643 e. The second-order valence-corrected chi connectivity index (χ2v) is 6.39. The second kappa shape index (κ2) is 7.48. The van der Waals surface area contributed by atoms with E-state index in [1.54, 1.807) is 7.11 Å². The number of nitrogens with zero attached hydrogens (tertiary/aromatic N) is 1. The fraction of sp³-hybridized carbons (Fsp3) is 0.647. The van der Waals surface area contributed by atoms with E-state index in [9.17, 15) is 0 Å². The number of anilines is 1. The highest BCUT2D eigenvalue weighted by atomic mass is 35.5. The van der Waals surface area contributed by atoms with Crippen molar-refractivity contribution in [1.82, 2.24) is 5.32 Å². The third-order valence-corrected chi connectivity index (χ3v) is 4.85. The number of rotatable bonds is 8. The third-order valence-electron chi connectivity index (χ3n) is 4.55. The van der Waals surface area contributed by atoms with Gasteiger partial charge in [0.25, 0.3) is 0 Å². The molecule has 0 radical (unpaired) electrons. The molecule has 21 heavy (non-hydrogen) atoms. The van der Waals surface area contributed by atoms with Gasteiger partial charge in [-0.1, -0.05) is 17.7 Å². The van der Waals surface area contributed by atoms with Crippen molar-refractivity contribution in [2.45, 2.75) is 38.8 Å². The molecule has 1 saturated carbocycles. The minimum atomic E-state index is 0.310. The topological polar surface area (TPSA) is 24.5 Å². The summed E-state index contributed by atoms with van der Waals surface area (Å²) in [5.74, 6) is 0.800. The summed E-state index contributed by atoms with van der Waals surface area (Å²) >= 11 is 6.56. The van der Waals surface area contributed by atoms with E-state index in [1.807, 2.05) is 7.05 Å². The Balaban J connectivity index is 2.22. The van der Waals surface area contributed by atoms with E-state index >= 15 is 0 Å². The predicted octanol–water partition coefficient (Wildman–Crippen LogP) is 3.87. The Bertz CT molecular complexity index is 462. The Kier molecular flexibility index (Phi) is 5.91. The molecule has 0 saturated heterocycles. The fourth-order valence-corrected chi connectivity index (χ4v) is 3.06. The minimum Gasteiger partial charge on any atom is -0.383 e. The molecule has 0 aromatic heterocycles. The first kappa shape index (κ1) is 16.6. The number of hydrogen-bond acceptors (Lipinski definition) is 3. The normalized spacial score (nSPS) is 17.6. The van der Waals surface area contributed by atoms with Crippen molar-refractivity contribution in [3.05, 3.63) is 28.8 Å². The molecular weight excluding hydrogens is 284 g/mol. The van der Waals surface area contributed by atoms with Crippen LogP contribution >= 0.6 is 11.6 Å². The van der Waals surface area contributed by atoms with Gasteiger partial charge in [-0.05, 0) is 57.4 Å². The molecule has 0 heterocycles. The molecule has 1 aliphatic carbocycles. The molecule has 1 aromatic carbocycles. The Morgan fingerprint density at radius 1 is 1.38 bits per heavy atom. The largest absolute Gasteiger partial charge is 0.383 e. The van der Waals surface area contributed by atoms with Crippen LogP contribution in [0.25, 0.3) is 0 Å². The average molecular weight is 311 g/mol. The average Bonchev–Trinajstić information content (AvgIpc) is 3.32. The van der Waals surface area contributed by atoms with Gasteiger partial charge >= 0.3 is 0 Å². The molecule has 2 unspecified atom stereocenters. The first-order valence-electron chi connectivity index (χ1n) is 7.80. The van der Waals surface area contributed by atoms with Crippen molar-refractivity contribution in [3.63, 3.8) is 0 Å². The van der Waals surface area contributed by atoms with Crippen LogP contribution in [-0.2, 0) is 4.74 Å². The standard InChI is InChI=1S/C17H27ClN2O/c1-12(19-3)15-7-8-17(16(18)11-15)20(9-10-21-4)13(2)14-5-6-14/h7-8,11-14,19H,5-6,9-10H2,1-4H3. The molecule has 118 valence electrons. The van der Waals surface area contributed by atoms with E-state index in [4.69, 9.17) is 16.3 Å². The SMILES string of the molecule is CNC(C)c1ccc(N(CCOC)C(C)C2CC2)c(Cl)c1. The highest BCUT2D eigenvalue weighted by Gasteiger charge is 2.32. The van der Waals surface area contributed by atoms with Crippen LogP contribution in [0, 0.1) is 5.92 Å². The van der Waals surface area contributed by atoms with Crippen LogP contribution in [-0.4, -0.2) is 33.4 Å². The summed E-state index contributed by atoms with van der Waals surface area (Å²) in [6, 6.07) is 7.23. The van der Waals surface area contributed by atoms with Crippen molar-refractivity contribution >= 4 is 17.3 Å². The van der Waals surface area contributed by atoms with E-state index in [0.717, 1.165) is 29.8 Å². The van der Waals surface area contributed by atoms with Gasteiger partial charge in [-0.3, -0.25) is 0 Å². The molecule has 1 fully saturated rings. The van der Waals surface area contributed by atoms with Gasteiger partial charge in [0.2, 0.25) is 0 Å². The molecule has 0 bridgehead atoms. The van der Waals surface area contributed by atoms with Crippen LogP contribution in [0.5, 0.6) is 0 Å². The quantitative estimate of drug-likeness (QED) is 0.789. The zero-order chi connectivity index (χ0) is 15.4. The lowest BCUT2D eigenvalue weighted by atomic mass is 10.1. The van der Waals surface area contributed by atoms with E-state index in [0.29, 0.717) is 12.1 Å². The summed E-state index contributed by atoms with van der Waals surface area (Å²) in [6.07, 6.45) is 2.66. The van der Waals surface area contributed by atoms with E-state index < -0.39 is 0 Å². The van der Waals surface area contributed by atoms with E-state index in [2.05, 4.69) is 42.3 Å². The molecule has 1 aromatic rings. The summed E-state index contributed by atoms with van der Waals surface area (Å²) in [5.41, 5.74) is 2.34. The summed E-state index contributed by atoms with van der Waals surface area (Å²) in [4.78, 5) is 2.40. The Labute approximate surface area is 133 Å². The lowest BCUT2D eigenvalue weighted by Crippen LogP contribution is -2.37. The molecule has 0 aliphatic heterocycles. The predicted molar refractivity (Wildman–Crippen MR) is 90.3 cm³/mol. The van der Waals surface area contributed by atoms with Crippen LogP contribution < -0.4 is 10.2 Å². The van der Waals surface area contributed by atoms with Gasteiger partial charge in [0.1, 0.15) is 0 Å². The molecule has 2 atom stereocenters. The van der Waals surface area contributed by atoms with Gasteiger partial charge in [0, 0.05) is 25.7 Å². The fourth-order valence-electron chi connectivity index (χ4n) is 2.76. The van der Waals surface area contributed by atoms with Gasteiger partial charge < -0.3 is 15.0 Å².